The number of likely N-dealkylation sites (tertiary alicyclic amines) is 1. The maximum Gasteiger partial charge on any atom is 0.239 e. The van der Waals surface area contributed by atoms with Gasteiger partial charge in [-0.3, -0.25) is 4.79 Å². The van der Waals surface area contributed by atoms with Crippen molar-refractivity contribution in [3.8, 4) is 5.75 Å². The molecule has 1 aromatic rings. The van der Waals surface area contributed by atoms with Gasteiger partial charge in [0.25, 0.3) is 0 Å². The lowest BCUT2D eigenvalue weighted by Crippen LogP contribution is -2.40. The standard InChI is InChI=1S/C20H31N3O3/c1-21(25)16-20(24)23-12-8-17-14-19(7-6-18(17)15-23)26-13-5-11-22-9-3-2-4-10-22/h6-7,14,25H,2-5,8-13,15-16H2,1H3. The molecule has 0 unspecified atom stereocenters. The van der Waals surface area contributed by atoms with Crippen LogP contribution in [0.2, 0.25) is 0 Å². The minimum Gasteiger partial charge on any atom is -0.494 e. The average Bonchev–Trinajstić information content (AvgIpc) is 2.65. The van der Waals surface area contributed by atoms with Crippen LogP contribution in [-0.4, -0.2) is 72.4 Å². The highest BCUT2D eigenvalue weighted by atomic mass is 16.5. The summed E-state index contributed by atoms with van der Waals surface area (Å²) in [5.41, 5.74) is 2.44. The van der Waals surface area contributed by atoms with Gasteiger partial charge in [0.1, 0.15) is 12.3 Å². The summed E-state index contributed by atoms with van der Waals surface area (Å²) in [6.07, 6.45) is 5.94. The molecule has 1 N–H and O–H groups in total. The van der Waals surface area contributed by atoms with E-state index in [2.05, 4.69) is 17.0 Å². The van der Waals surface area contributed by atoms with Crippen molar-refractivity contribution in [3.05, 3.63) is 29.3 Å². The summed E-state index contributed by atoms with van der Waals surface area (Å²) in [4.78, 5) is 16.4. The fraction of sp³-hybridized carbons (Fsp3) is 0.650. The van der Waals surface area contributed by atoms with Gasteiger partial charge in [0, 0.05) is 26.7 Å². The first-order chi connectivity index (χ1) is 12.6. The lowest BCUT2D eigenvalue weighted by Gasteiger charge is -2.30. The molecule has 0 aromatic heterocycles. The van der Waals surface area contributed by atoms with Gasteiger partial charge in [-0.25, -0.2) is 0 Å². The van der Waals surface area contributed by atoms with Crippen molar-refractivity contribution < 1.29 is 14.7 Å². The van der Waals surface area contributed by atoms with Gasteiger partial charge in [-0.15, -0.1) is 0 Å². The monoisotopic (exact) mass is 361 g/mol. The molecule has 2 aliphatic heterocycles. The summed E-state index contributed by atoms with van der Waals surface area (Å²) in [6.45, 7) is 5.69. The molecule has 0 bridgehead atoms. The Bertz CT molecular complexity index is 600. The molecule has 2 heterocycles. The zero-order chi connectivity index (χ0) is 18.4. The molecule has 0 radical (unpaired) electrons. The molecule has 1 saturated heterocycles. The van der Waals surface area contributed by atoms with Crippen molar-refractivity contribution >= 4 is 5.91 Å². The van der Waals surface area contributed by atoms with Crippen molar-refractivity contribution in [2.75, 3.05) is 46.4 Å². The first-order valence-electron chi connectivity index (χ1n) is 9.76. The Kier molecular flexibility index (Phi) is 6.88. The van der Waals surface area contributed by atoms with Crippen molar-refractivity contribution in [2.24, 2.45) is 0 Å². The Morgan fingerprint density at radius 2 is 2.00 bits per heavy atom. The molecule has 1 aromatic carbocycles. The second kappa shape index (κ2) is 9.35. The molecular weight excluding hydrogens is 330 g/mol. The molecule has 6 heteroatoms. The number of likely N-dealkylation sites (N-methyl/N-ethyl adjacent to an activating group) is 1. The number of nitrogens with zero attached hydrogens (tertiary/aromatic N) is 3. The third kappa shape index (κ3) is 5.43. The number of hydrogen-bond donors (Lipinski definition) is 1. The van der Waals surface area contributed by atoms with Gasteiger partial charge in [0.15, 0.2) is 0 Å². The van der Waals surface area contributed by atoms with Gasteiger partial charge in [-0.2, -0.15) is 5.06 Å². The fourth-order valence-electron chi connectivity index (χ4n) is 3.79. The number of hydrogen-bond acceptors (Lipinski definition) is 5. The van der Waals surface area contributed by atoms with Crippen LogP contribution in [0.25, 0.3) is 0 Å². The Morgan fingerprint density at radius 3 is 2.77 bits per heavy atom. The van der Waals surface area contributed by atoms with E-state index < -0.39 is 0 Å². The second-order valence-corrected chi connectivity index (χ2v) is 7.42. The quantitative estimate of drug-likeness (QED) is 0.596. The molecule has 0 atom stereocenters. The zero-order valence-corrected chi connectivity index (χ0v) is 15.8. The van der Waals surface area contributed by atoms with E-state index in [4.69, 9.17) is 4.74 Å². The van der Waals surface area contributed by atoms with E-state index >= 15 is 0 Å². The van der Waals surface area contributed by atoms with E-state index in [0.717, 1.165) is 36.8 Å². The number of piperidine rings is 1. The number of ether oxygens (including phenoxy) is 1. The minimum atomic E-state index is -0.0429. The summed E-state index contributed by atoms with van der Waals surface area (Å²) >= 11 is 0. The smallest absolute Gasteiger partial charge is 0.239 e. The van der Waals surface area contributed by atoms with E-state index in [0.29, 0.717) is 13.1 Å². The molecule has 6 nitrogen and oxygen atoms in total. The van der Waals surface area contributed by atoms with Gasteiger partial charge in [-0.05, 0) is 62.0 Å². The number of carbonyl (C=O) groups excluding carboxylic acids is 1. The molecule has 1 amide bonds. The van der Waals surface area contributed by atoms with Gasteiger partial charge in [0.2, 0.25) is 5.91 Å². The Hall–Kier alpha value is -1.63. The van der Waals surface area contributed by atoms with Crippen LogP contribution in [0.3, 0.4) is 0 Å². The third-order valence-electron chi connectivity index (χ3n) is 5.24. The summed E-state index contributed by atoms with van der Waals surface area (Å²) in [7, 11) is 1.49. The Balaban J connectivity index is 1.45. The molecular formula is C20H31N3O3. The van der Waals surface area contributed by atoms with Gasteiger partial charge in [0.05, 0.1) is 6.61 Å². The van der Waals surface area contributed by atoms with Crippen molar-refractivity contribution in [1.82, 2.24) is 14.9 Å². The molecule has 0 spiro atoms. The number of rotatable bonds is 7. The minimum absolute atomic E-state index is 0.0353. The van der Waals surface area contributed by atoms with E-state index in [1.165, 1.54) is 50.5 Å². The molecule has 0 saturated carbocycles. The normalized spacial score (nSPS) is 18.0. The van der Waals surface area contributed by atoms with Crippen LogP contribution >= 0.6 is 0 Å². The maximum atomic E-state index is 12.1. The Morgan fingerprint density at radius 1 is 1.19 bits per heavy atom. The van der Waals surface area contributed by atoms with Crippen LogP contribution in [-0.2, 0) is 17.8 Å². The van der Waals surface area contributed by atoms with Crippen LogP contribution in [0.4, 0.5) is 0 Å². The topological polar surface area (TPSA) is 56.3 Å². The predicted molar refractivity (Wildman–Crippen MR) is 100 cm³/mol. The third-order valence-corrected chi connectivity index (χ3v) is 5.24. The van der Waals surface area contributed by atoms with Crippen LogP contribution in [0.1, 0.15) is 36.8 Å². The number of fused-ring (bicyclic) bond motifs is 1. The van der Waals surface area contributed by atoms with Gasteiger partial charge < -0.3 is 19.7 Å². The van der Waals surface area contributed by atoms with Crippen molar-refractivity contribution in [2.45, 2.75) is 38.6 Å². The van der Waals surface area contributed by atoms with Crippen molar-refractivity contribution in [1.29, 1.82) is 0 Å². The molecule has 144 valence electrons. The zero-order valence-electron chi connectivity index (χ0n) is 15.8. The van der Waals surface area contributed by atoms with Crippen LogP contribution in [0.5, 0.6) is 5.75 Å². The summed E-state index contributed by atoms with van der Waals surface area (Å²) in [6, 6.07) is 6.19. The van der Waals surface area contributed by atoms with E-state index in [1.54, 1.807) is 4.90 Å². The SMILES string of the molecule is CN(O)CC(=O)N1CCc2cc(OCCCN3CCCCC3)ccc2C1. The van der Waals surface area contributed by atoms with E-state index in [-0.39, 0.29) is 12.5 Å². The lowest BCUT2D eigenvalue weighted by molar-refractivity contribution is -0.143. The van der Waals surface area contributed by atoms with Crippen LogP contribution in [0.15, 0.2) is 18.2 Å². The van der Waals surface area contributed by atoms with E-state index in [1.807, 2.05) is 6.07 Å². The highest BCUT2D eigenvalue weighted by Crippen LogP contribution is 2.24. The van der Waals surface area contributed by atoms with E-state index in [9.17, 15) is 10.0 Å². The average molecular weight is 361 g/mol. The fourth-order valence-corrected chi connectivity index (χ4v) is 3.79. The Labute approximate surface area is 156 Å². The summed E-state index contributed by atoms with van der Waals surface area (Å²) in [5.74, 6) is 0.885. The van der Waals surface area contributed by atoms with Crippen LogP contribution < -0.4 is 4.74 Å². The molecule has 26 heavy (non-hydrogen) atoms. The van der Waals surface area contributed by atoms with Gasteiger partial charge >= 0.3 is 0 Å². The highest BCUT2D eigenvalue weighted by Gasteiger charge is 2.21. The number of benzene rings is 1. The van der Waals surface area contributed by atoms with Crippen molar-refractivity contribution in [3.63, 3.8) is 0 Å². The largest absolute Gasteiger partial charge is 0.494 e. The van der Waals surface area contributed by atoms with Crippen LogP contribution in [0, 0.1) is 0 Å². The molecule has 2 aliphatic rings. The molecule has 1 fully saturated rings. The second-order valence-electron chi connectivity index (χ2n) is 7.42. The highest BCUT2D eigenvalue weighted by molar-refractivity contribution is 5.78. The maximum absolute atomic E-state index is 12.1. The number of carbonyl (C=O) groups is 1. The predicted octanol–water partition coefficient (Wildman–Crippen LogP) is 2.15. The number of hydroxylamine groups is 2. The summed E-state index contributed by atoms with van der Waals surface area (Å²) < 4.78 is 5.94. The first kappa shape index (κ1) is 19.1. The lowest BCUT2D eigenvalue weighted by atomic mass is 9.99. The first-order valence-corrected chi connectivity index (χ1v) is 9.76. The molecule has 3 rings (SSSR count). The number of amides is 1. The summed E-state index contributed by atoms with van der Waals surface area (Å²) in [5, 5.41) is 10.2. The molecule has 0 aliphatic carbocycles. The van der Waals surface area contributed by atoms with Gasteiger partial charge in [-0.1, -0.05) is 12.5 Å².